The summed E-state index contributed by atoms with van der Waals surface area (Å²) in [5.74, 6) is 0.0143. The van der Waals surface area contributed by atoms with Crippen molar-refractivity contribution in [3.63, 3.8) is 0 Å². The molecule has 0 bridgehead atoms. The normalized spacial score (nSPS) is 10.0. The maximum atomic E-state index is 10.5. The Labute approximate surface area is 101 Å². The van der Waals surface area contributed by atoms with Gasteiger partial charge in [0.05, 0.1) is 23.4 Å². The van der Waals surface area contributed by atoms with Gasteiger partial charge in [-0.25, -0.2) is 4.98 Å². The van der Waals surface area contributed by atoms with Crippen molar-refractivity contribution < 1.29 is 4.92 Å². The highest BCUT2D eigenvalue weighted by Gasteiger charge is 2.13. The van der Waals surface area contributed by atoms with E-state index in [2.05, 4.69) is 25.3 Å². The number of nitrogen functional groups attached to an aromatic ring is 1. The van der Waals surface area contributed by atoms with E-state index in [0.717, 1.165) is 6.20 Å². The molecule has 0 aliphatic rings. The Kier molecular flexibility index (Phi) is 3.23. The van der Waals surface area contributed by atoms with Gasteiger partial charge in [0.1, 0.15) is 6.20 Å². The zero-order valence-electron chi connectivity index (χ0n) is 9.15. The molecule has 2 aromatic heterocycles. The topological polar surface area (TPSA) is 133 Å². The molecule has 18 heavy (non-hydrogen) atoms. The number of nitrogens with two attached hydrogens (primary N) is 1. The molecule has 0 aromatic carbocycles. The van der Waals surface area contributed by atoms with Gasteiger partial charge in [-0.2, -0.15) is 4.98 Å². The molecule has 0 amide bonds. The molecule has 0 aliphatic heterocycles. The van der Waals surface area contributed by atoms with Crippen LogP contribution in [0.1, 0.15) is 5.69 Å². The molecule has 0 saturated carbocycles. The molecule has 0 aliphatic carbocycles. The average molecular weight is 247 g/mol. The van der Waals surface area contributed by atoms with Gasteiger partial charge >= 0.3 is 5.69 Å². The van der Waals surface area contributed by atoms with E-state index in [-0.39, 0.29) is 17.5 Å². The zero-order valence-corrected chi connectivity index (χ0v) is 9.15. The SMILES string of the molecule is Nc1nc(NCc2cnccn2)ncc1[N+](=O)[O-]. The molecule has 0 atom stereocenters. The molecular weight excluding hydrogens is 238 g/mol. The molecule has 0 spiro atoms. The predicted octanol–water partition coefficient (Wildman–Crippen LogP) is 0.369. The molecule has 0 saturated heterocycles. The van der Waals surface area contributed by atoms with Gasteiger partial charge in [-0.05, 0) is 0 Å². The van der Waals surface area contributed by atoms with Crippen LogP contribution in [-0.4, -0.2) is 24.9 Å². The van der Waals surface area contributed by atoms with Crippen LogP contribution in [0.2, 0.25) is 0 Å². The Hall–Kier alpha value is -2.84. The Balaban J connectivity index is 2.07. The van der Waals surface area contributed by atoms with Crippen LogP contribution >= 0.6 is 0 Å². The largest absolute Gasteiger partial charge is 0.378 e. The third-order valence-electron chi connectivity index (χ3n) is 2.04. The molecule has 2 heterocycles. The highest BCUT2D eigenvalue weighted by Crippen LogP contribution is 2.18. The third kappa shape index (κ3) is 2.64. The summed E-state index contributed by atoms with van der Waals surface area (Å²) >= 11 is 0. The highest BCUT2D eigenvalue weighted by atomic mass is 16.6. The van der Waals surface area contributed by atoms with E-state index in [4.69, 9.17) is 5.73 Å². The van der Waals surface area contributed by atoms with E-state index in [1.165, 1.54) is 0 Å². The number of nitrogens with one attached hydrogen (secondary N) is 1. The minimum Gasteiger partial charge on any atom is -0.378 e. The van der Waals surface area contributed by atoms with Gasteiger partial charge in [0.15, 0.2) is 0 Å². The fraction of sp³-hybridized carbons (Fsp3) is 0.111. The average Bonchev–Trinajstić information content (AvgIpc) is 2.37. The van der Waals surface area contributed by atoms with Crippen molar-refractivity contribution in [3.05, 3.63) is 40.6 Å². The smallest absolute Gasteiger partial charge is 0.329 e. The second-order valence-electron chi connectivity index (χ2n) is 3.27. The van der Waals surface area contributed by atoms with Crippen LogP contribution in [0.3, 0.4) is 0 Å². The van der Waals surface area contributed by atoms with Crippen molar-refractivity contribution in [2.24, 2.45) is 0 Å². The van der Waals surface area contributed by atoms with Gasteiger partial charge in [-0.15, -0.1) is 0 Å². The van der Waals surface area contributed by atoms with E-state index in [9.17, 15) is 10.1 Å². The van der Waals surface area contributed by atoms with Gasteiger partial charge in [0, 0.05) is 12.4 Å². The van der Waals surface area contributed by atoms with Crippen molar-refractivity contribution in [1.82, 2.24) is 19.9 Å². The number of hydrogen-bond acceptors (Lipinski definition) is 8. The monoisotopic (exact) mass is 247 g/mol. The summed E-state index contributed by atoms with van der Waals surface area (Å²) in [5.41, 5.74) is 5.80. The first-order valence-corrected chi connectivity index (χ1v) is 4.92. The van der Waals surface area contributed by atoms with Crippen molar-refractivity contribution in [1.29, 1.82) is 0 Å². The molecular formula is C9H9N7O2. The minimum absolute atomic E-state index is 0.184. The Morgan fingerprint density at radius 2 is 2.17 bits per heavy atom. The Morgan fingerprint density at radius 1 is 1.33 bits per heavy atom. The lowest BCUT2D eigenvalue weighted by molar-refractivity contribution is -0.384. The van der Waals surface area contributed by atoms with Crippen LogP contribution in [0.25, 0.3) is 0 Å². The van der Waals surface area contributed by atoms with Crippen LogP contribution in [0.5, 0.6) is 0 Å². The Morgan fingerprint density at radius 3 is 2.78 bits per heavy atom. The fourth-order valence-electron chi connectivity index (χ4n) is 1.21. The minimum atomic E-state index is -0.637. The van der Waals surface area contributed by atoms with Crippen molar-refractivity contribution >= 4 is 17.5 Å². The van der Waals surface area contributed by atoms with Gasteiger partial charge in [-0.3, -0.25) is 20.1 Å². The summed E-state index contributed by atoms with van der Waals surface area (Å²) in [6, 6.07) is 0. The van der Waals surface area contributed by atoms with Crippen LogP contribution in [0, 0.1) is 10.1 Å². The van der Waals surface area contributed by atoms with E-state index in [1.54, 1.807) is 18.6 Å². The fourth-order valence-corrected chi connectivity index (χ4v) is 1.21. The molecule has 9 heteroatoms. The lowest BCUT2D eigenvalue weighted by Crippen LogP contribution is -2.08. The number of nitro groups is 1. The molecule has 92 valence electrons. The van der Waals surface area contributed by atoms with E-state index in [0.29, 0.717) is 12.2 Å². The van der Waals surface area contributed by atoms with Gasteiger partial charge in [0.2, 0.25) is 11.8 Å². The number of anilines is 2. The summed E-state index contributed by atoms with van der Waals surface area (Å²) in [6.45, 7) is 0.352. The molecule has 0 unspecified atom stereocenters. The first-order valence-electron chi connectivity index (χ1n) is 4.92. The molecule has 2 rings (SSSR count). The standard InChI is InChI=1S/C9H9N7O2/c10-8-7(16(17)18)5-14-9(15-8)13-4-6-3-11-1-2-12-6/h1-3,5H,4H2,(H3,10,13,14,15). The van der Waals surface area contributed by atoms with E-state index < -0.39 is 4.92 Å². The first-order chi connectivity index (χ1) is 8.66. The van der Waals surface area contributed by atoms with Gasteiger partial charge < -0.3 is 11.1 Å². The molecule has 9 nitrogen and oxygen atoms in total. The maximum Gasteiger partial charge on any atom is 0.329 e. The molecule has 2 aromatic rings. The van der Waals surface area contributed by atoms with Crippen LogP contribution in [0.15, 0.2) is 24.8 Å². The predicted molar refractivity (Wildman–Crippen MR) is 62.5 cm³/mol. The summed E-state index contributed by atoms with van der Waals surface area (Å²) in [5, 5.41) is 13.4. The van der Waals surface area contributed by atoms with Crippen molar-refractivity contribution in [3.8, 4) is 0 Å². The molecule has 0 fully saturated rings. The second kappa shape index (κ2) is 4.99. The Bertz CT molecular complexity index is 560. The number of rotatable bonds is 4. The van der Waals surface area contributed by atoms with Gasteiger partial charge in [0.25, 0.3) is 0 Å². The summed E-state index contributed by atoms with van der Waals surface area (Å²) < 4.78 is 0. The quantitative estimate of drug-likeness (QED) is 0.584. The second-order valence-corrected chi connectivity index (χ2v) is 3.27. The lowest BCUT2D eigenvalue weighted by Gasteiger charge is -2.04. The molecule has 3 N–H and O–H groups in total. The first kappa shape index (κ1) is 11.6. The van der Waals surface area contributed by atoms with Crippen LogP contribution in [0.4, 0.5) is 17.5 Å². The number of aromatic nitrogens is 4. The summed E-state index contributed by atoms with van der Waals surface area (Å²) in [6.07, 6.45) is 5.76. The molecule has 0 radical (unpaired) electrons. The number of hydrogen-bond donors (Lipinski definition) is 2. The maximum absolute atomic E-state index is 10.5. The van der Waals surface area contributed by atoms with Crippen LogP contribution < -0.4 is 11.1 Å². The van der Waals surface area contributed by atoms with Crippen molar-refractivity contribution in [2.45, 2.75) is 6.54 Å². The van der Waals surface area contributed by atoms with Gasteiger partial charge in [-0.1, -0.05) is 0 Å². The third-order valence-corrected chi connectivity index (χ3v) is 2.04. The number of nitrogens with zero attached hydrogens (tertiary/aromatic N) is 5. The highest BCUT2D eigenvalue weighted by molar-refractivity contribution is 5.53. The summed E-state index contributed by atoms with van der Waals surface area (Å²) in [4.78, 5) is 25.4. The van der Waals surface area contributed by atoms with E-state index in [1.807, 2.05) is 0 Å². The lowest BCUT2D eigenvalue weighted by atomic mass is 10.4. The summed E-state index contributed by atoms with van der Waals surface area (Å²) in [7, 11) is 0. The van der Waals surface area contributed by atoms with E-state index >= 15 is 0 Å². The van der Waals surface area contributed by atoms with Crippen molar-refractivity contribution in [2.75, 3.05) is 11.1 Å². The van der Waals surface area contributed by atoms with Crippen LogP contribution in [-0.2, 0) is 6.54 Å². The zero-order chi connectivity index (χ0) is 13.0.